The van der Waals surface area contributed by atoms with Crippen LogP contribution >= 0.6 is 24.0 Å². The molecule has 1 aromatic heterocycles. The molecule has 3 N–H and O–H groups in total. The number of nitrogens with zero attached hydrogens (tertiary/aromatic N) is 5. The Hall–Kier alpha value is -0.940. The number of aliphatic hydroxyl groups is 1. The van der Waals surface area contributed by atoms with E-state index in [0.29, 0.717) is 0 Å². The van der Waals surface area contributed by atoms with Crippen molar-refractivity contribution < 1.29 is 5.11 Å². The van der Waals surface area contributed by atoms with Crippen molar-refractivity contribution in [2.24, 2.45) is 4.99 Å². The molecular formula is C18H34IN7O. The topological polar surface area (TPSA) is 90.6 Å². The minimum atomic E-state index is -0.102. The number of piperidine rings is 1. The summed E-state index contributed by atoms with van der Waals surface area (Å²) in [6.45, 7) is 9.67. The van der Waals surface area contributed by atoms with Crippen molar-refractivity contribution in [3.05, 3.63) is 11.6 Å². The van der Waals surface area contributed by atoms with Gasteiger partial charge in [0.25, 0.3) is 0 Å². The molecule has 2 aliphatic heterocycles. The van der Waals surface area contributed by atoms with Crippen LogP contribution in [-0.2, 0) is 6.54 Å². The van der Waals surface area contributed by atoms with E-state index in [4.69, 9.17) is 4.99 Å². The normalized spacial score (nSPS) is 21.4. The molecule has 0 bridgehead atoms. The smallest absolute Gasteiger partial charge is 0.191 e. The minimum Gasteiger partial charge on any atom is -0.393 e. The standard InChI is InChI=1S/C18H33N7O.HI/c1-3-19-18(20-9-5-10-24-12-7-15(26)8-13-24)22-16-6-4-11-25-17(16)21-14(2)23-25;/h15-16,26H,3-13H2,1-2H3,(H2,19,20,22);1H. The monoisotopic (exact) mass is 491 g/mol. The second-order valence-corrected chi connectivity index (χ2v) is 7.27. The number of likely N-dealkylation sites (tertiary alicyclic amines) is 1. The van der Waals surface area contributed by atoms with Gasteiger partial charge in [-0.3, -0.25) is 4.99 Å². The highest BCUT2D eigenvalue weighted by molar-refractivity contribution is 14.0. The molecule has 0 radical (unpaired) electrons. The number of guanidine groups is 1. The van der Waals surface area contributed by atoms with E-state index in [1.54, 1.807) is 0 Å². The van der Waals surface area contributed by atoms with Crippen LogP contribution in [0.15, 0.2) is 4.99 Å². The van der Waals surface area contributed by atoms with Gasteiger partial charge in [-0.2, -0.15) is 5.10 Å². The lowest BCUT2D eigenvalue weighted by molar-refractivity contribution is 0.0824. The molecule has 1 atom stereocenters. The molecule has 1 fully saturated rings. The van der Waals surface area contributed by atoms with Gasteiger partial charge < -0.3 is 20.6 Å². The van der Waals surface area contributed by atoms with Gasteiger partial charge in [-0.05, 0) is 52.5 Å². The van der Waals surface area contributed by atoms with E-state index in [9.17, 15) is 5.11 Å². The lowest BCUT2D eigenvalue weighted by Crippen LogP contribution is -2.41. The first-order valence-electron chi connectivity index (χ1n) is 10.0. The van der Waals surface area contributed by atoms with Gasteiger partial charge in [-0.1, -0.05) is 0 Å². The molecule has 3 heterocycles. The second kappa shape index (κ2) is 11.2. The number of halogens is 1. The van der Waals surface area contributed by atoms with Gasteiger partial charge in [0.05, 0.1) is 12.1 Å². The zero-order chi connectivity index (χ0) is 18.4. The summed E-state index contributed by atoms with van der Waals surface area (Å²) in [6, 6.07) is 0.173. The fourth-order valence-corrected chi connectivity index (χ4v) is 3.72. The number of aromatic nitrogens is 3. The Morgan fingerprint density at radius 2 is 2.04 bits per heavy atom. The van der Waals surface area contributed by atoms with Crippen LogP contribution in [0.1, 0.15) is 56.7 Å². The first-order chi connectivity index (χ1) is 12.7. The van der Waals surface area contributed by atoms with E-state index >= 15 is 0 Å². The van der Waals surface area contributed by atoms with Crippen LogP contribution < -0.4 is 10.6 Å². The highest BCUT2D eigenvalue weighted by Gasteiger charge is 2.24. The summed E-state index contributed by atoms with van der Waals surface area (Å²) < 4.78 is 2.02. The minimum absolute atomic E-state index is 0. The largest absolute Gasteiger partial charge is 0.393 e. The molecule has 1 unspecified atom stereocenters. The van der Waals surface area contributed by atoms with E-state index in [0.717, 1.165) is 89.0 Å². The molecule has 27 heavy (non-hydrogen) atoms. The second-order valence-electron chi connectivity index (χ2n) is 7.27. The van der Waals surface area contributed by atoms with Gasteiger partial charge in [0, 0.05) is 32.7 Å². The maximum absolute atomic E-state index is 9.58. The summed E-state index contributed by atoms with van der Waals surface area (Å²) in [6.07, 6.45) is 4.89. The van der Waals surface area contributed by atoms with Crippen LogP contribution in [-0.4, -0.2) is 69.6 Å². The van der Waals surface area contributed by atoms with E-state index in [2.05, 4.69) is 32.5 Å². The Balaban J connectivity index is 0.00000261. The number of aliphatic imine (C=N–C) groups is 1. The molecule has 0 aromatic carbocycles. The summed E-state index contributed by atoms with van der Waals surface area (Å²) in [5.41, 5.74) is 0. The molecule has 1 saturated heterocycles. The van der Waals surface area contributed by atoms with Crippen molar-refractivity contribution in [2.75, 3.05) is 32.7 Å². The summed E-state index contributed by atoms with van der Waals surface area (Å²) in [5.74, 6) is 2.72. The van der Waals surface area contributed by atoms with E-state index in [1.165, 1.54) is 0 Å². The molecule has 3 rings (SSSR count). The summed E-state index contributed by atoms with van der Waals surface area (Å²) in [4.78, 5) is 11.8. The molecule has 9 heteroatoms. The van der Waals surface area contributed by atoms with Gasteiger partial charge in [0.2, 0.25) is 0 Å². The first kappa shape index (κ1) is 22.4. The van der Waals surface area contributed by atoms with Crippen molar-refractivity contribution in [1.29, 1.82) is 0 Å². The quantitative estimate of drug-likeness (QED) is 0.242. The molecule has 0 spiro atoms. The Morgan fingerprint density at radius 3 is 2.78 bits per heavy atom. The maximum Gasteiger partial charge on any atom is 0.191 e. The highest BCUT2D eigenvalue weighted by Crippen LogP contribution is 2.22. The van der Waals surface area contributed by atoms with Gasteiger partial charge in [-0.15, -0.1) is 24.0 Å². The van der Waals surface area contributed by atoms with Crippen LogP contribution in [0.2, 0.25) is 0 Å². The summed E-state index contributed by atoms with van der Waals surface area (Å²) in [7, 11) is 0. The molecule has 0 aliphatic carbocycles. The van der Waals surface area contributed by atoms with Crippen LogP contribution in [0.25, 0.3) is 0 Å². The Morgan fingerprint density at radius 1 is 1.26 bits per heavy atom. The third-order valence-corrected chi connectivity index (χ3v) is 5.10. The number of fused-ring (bicyclic) bond motifs is 1. The zero-order valence-electron chi connectivity index (χ0n) is 16.5. The number of hydrogen-bond acceptors (Lipinski definition) is 5. The van der Waals surface area contributed by atoms with Gasteiger partial charge >= 0.3 is 0 Å². The van der Waals surface area contributed by atoms with E-state index < -0.39 is 0 Å². The maximum atomic E-state index is 9.58. The van der Waals surface area contributed by atoms with Crippen LogP contribution in [0.4, 0.5) is 0 Å². The molecular weight excluding hydrogens is 457 g/mol. The molecule has 8 nitrogen and oxygen atoms in total. The van der Waals surface area contributed by atoms with Crippen LogP contribution in [0.5, 0.6) is 0 Å². The number of hydrogen-bond donors (Lipinski definition) is 3. The van der Waals surface area contributed by atoms with Crippen molar-refractivity contribution in [3.8, 4) is 0 Å². The molecule has 0 amide bonds. The lowest BCUT2D eigenvalue weighted by Gasteiger charge is -2.29. The van der Waals surface area contributed by atoms with E-state index in [1.807, 2.05) is 11.6 Å². The van der Waals surface area contributed by atoms with E-state index in [-0.39, 0.29) is 36.1 Å². The zero-order valence-corrected chi connectivity index (χ0v) is 18.9. The predicted octanol–water partition coefficient (Wildman–Crippen LogP) is 1.44. The number of aliphatic hydroxyl groups excluding tert-OH is 1. The van der Waals surface area contributed by atoms with Gasteiger partial charge in [0.15, 0.2) is 5.96 Å². The first-order valence-corrected chi connectivity index (χ1v) is 10.0. The van der Waals surface area contributed by atoms with Crippen LogP contribution in [0, 0.1) is 6.92 Å². The third kappa shape index (κ3) is 6.56. The predicted molar refractivity (Wildman–Crippen MR) is 118 cm³/mol. The third-order valence-electron chi connectivity index (χ3n) is 5.10. The van der Waals surface area contributed by atoms with Crippen molar-refractivity contribution in [3.63, 3.8) is 0 Å². The summed E-state index contributed by atoms with van der Waals surface area (Å²) in [5, 5.41) is 20.9. The average molecular weight is 491 g/mol. The summed E-state index contributed by atoms with van der Waals surface area (Å²) >= 11 is 0. The number of aryl methyl sites for hydroxylation is 2. The number of nitrogens with one attached hydrogen (secondary N) is 2. The number of rotatable bonds is 6. The van der Waals surface area contributed by atoms with Crippen molar-refractivity contribution in [2.45, 2.75) is 64.6 Å². The van der Waals surface area contributed by atoms with Gasteiger partial charge in [0.1, 0.15) is 11.6 Å². The molecule has 154 valence electrons. The lowest BCUT2D eigenvalue weighted by atomic mass is 10.1. The Bertz CT molecular complexity index is 599. The van der Waals surface area contributed by atoms with Crippen LogP contribution in [0.3, 0.4) is 0 Å². The SMILES string of the molecule is CCNC(=NCCCN1CCC(O)CC1)NC1CCCn2nc(C)nc21.I. The fourth-order valence-electron chi connectivity index (χ4n) is 3.72. The highest BCUT2D eigenvalue weighted by atomic mass is 127. The van der Waals surface area contributed by atoms with Gasteiger partial charge in [-0.25, -0.2) is 9.67 Å². The Kier molecular flexibility index (Phi) is 9.24. The fraction of sp³-hybridized carbons (Fsp3) is 0.833. The Labute approximate surface area is 179 Å². The molecule has 0 saturated carbocycles. The van der Waals surface area contributed by atoms with Crippen molar-refractivity contribution >= 4 is 29.9 Å². The average Bonchev–Trinajstić information content (AvgIpc) is 3.01. The van der Waals surface area contributed by atoms with Crippen molar-refractivity contribution in [1.82, 2.24) is 30.3 Å². The molecule has 2 aliphatic rings. The molecule has 1 aromatic rings.